The first-order valence-electron chi connectivity index (χ1n) is 12.2. The molecule has 12 heteroatoms. The minimum Gasteiger partial charge on any atom is -0.480 e. The van der Waals surface area contributed by atoms with E-state index in [2.05, 4.69) is 15.2 Å². The summed E-state index contributed by atoms with van der Waals surface area (Å²) in [6.07, 6.45) is 1.34. The van der Waals surface area contributed by atoms with Gasteiger partial charge in [-0.2, -0.15) is 0 Å². The van der Waals surface area contributed by atoms with Crippen molar-refractivity contribution in [3.8, 4) is 0 Å². The number of aromatic nitrogens is 4. The number of aliphatic hydroxyl groups is 1. The van der Waals surface area contributed by atoms with E-state index in [0.717, 1.165) is 22.5 Å². The third-order valence-electron chi connectivity index (χ3n) is 6.43. The van der Waals surface area contributed by atoms with Crippen molar-refractivity contribution in [1.82, 2.24) is 28.9 Å². The number of hydrogen-bond acceptors (Lipinski definition) is 7. The smallest absolute Gasteiger partial charge is 0.332 e. The summed E-state index contributed by atoms with van der Waals surface area (Å²) in [7, 11) is 3.13. The van der Waals surface area contributed by atoms with Crippen molar-refractivity contribution in [3.05, 3.63) is 62.6 Å². The Hall–Kier alpha value is -3.77. The van der Waals surface area contributed by atoms with Gasteiger partial charge in [0.05, 0.1) is 6.61 Å². The number of nitrogens with zero attached hydrogens (tertiary/aromatic N) is 5. The quantitative estimate of drug-likeness (QED) is 0.352. The number of carboxylic acid groups (broad SMARTS) is 1. The van der Waals surface area contributed by atoms with Crippen molar-refractivity contribution in [1.29, 1.82) is 0 Å². The predicted molar refractivity (Wildman–Crippen MR) is 137 cm³/mol. The molecule has 200 valence electrons. The van der Waals surface area contributed by atoms with Crippen LogP contribution in [-0.2, 0) is 36.6 Å². The number of benzene rings is 1. The van der Waals surface area contributed by atoms with Crippen LogP contribution in [0.5, 0.6) is 0 Å². The molecular formula is C25H34N6O6. The lowest BCUT2D eigenvalue weighted by Crippen LogP contribution is -2.38. The number of imidazole rings is 1. The second-order valence-electron chi connectivity index (χ2n) is 8.87. The maximum absolute atomic E-state index is 12.9. The second kappa shape index (κ2) is 12.5. The number of carboxylic acids is 1. The van der Waals surface area contributed by atoms with Crippen molar-refractivity contribution in [2.45, 2.75) is 38.8 Å². The predicted octanol–water partition coefficient (Wildman–Crippen LogP) is -0.312. The zero-order valence-electron chi connectivity index (χ0n) is 21.4. The molecule has 0 spiro atoms. The van der Waals surface area contributed by atoms with Gasteiger partial charge in [0, 0.05) is 46.6 Å². The Bertz CT molecular complexity index is 1360. The number of fused-ring (bicyclic) bond motifs is 1. The van der Waals surface area contributed by atoms with Crippen molar-refractivity contribution < 1.29 is 19.8 Å². The Morgan fingerprint density at radius 2 is 1.84 bits per heavy atom. The standard InChI is InChI=1S/C20H27N5O3.C5H7NO3/c1-4-24(12-13-26)10-11-25-16(14-15-8-6-5-7-9-15)21-18-17(25)19(27)23(3)20(28)22(18)2;7-4-2-1-3(6-4)5(8)9/h5-9,26H,4,10-14H2,1-3H3;3H,1-2H2,(H,6,7)(H,8,9)/t;3-/m.0/s1. The molecule has 2 aromatic heterocycles. The van der Waals surface area contributed by atoms with E-state index in [4.69, 9.17) is 5.11 Å². The Kier molecular flexibility index (Phi) is 9.36. The monoisotopic (exact) mass is 514 g/mol. The number of carbonyl (C=O) groups excluding carboxylic acids is 1. The zero-order chi connectivity index (χ0) is 27.1. The molecule has 0 saturated carbocycles. The molecule has 1 fully saturated rings. The Morgan fingerprint density at radius 1 is 1.14 bits per heavy atom. The minimum absolute atomic E-state index is 0.0889. The number of amides is 1. The molecule has 3 N–H and O–H groups in total. The van der Waals surface area contributed by atoms with Gasteiger partial charge in [-0.05, 0) is 18.5 Å². The normalized spacial score (nSPS) is 15.1. The highest BCUT2D eigenvalue weighted by atomic mass is 16.4. The first kappa shape index (κ1) is 27.8. The Balaban J connectivity index is 0.000000356. The lowest BCUT2D eigenvalue weighted by Gasteiger charge is -2.20. The van der Waals surface area contributed by atoms with Crippen molar-refractivity contribution in [2.75, 3.05) is 26.2 Å². The summed E-state index contributed by atoms with van der Waals surface area (Å²) >= 11 is 0. The van der Waals surface area contributed by atoms with Gasteiger partial charge in [-0.1, -0.05) is 37.3 Å². The summed E-state index contributed by atoms with van der Waals surface area (Å²) in [5, 5.41) is 19.9. The molecule has 1 atom stereocenters. The molecule has 1 aliphatic rings. The van der Waals surface area contributed by atoms with Crippen LogP contribution in [-0.4, -0.2) is 78.0 Å². The number of rotatable bonds is 9. The molecule has 1 aliphatic heterocycles. The SMILES string of the molecule is CCN(CCO)CCn1c(Cc2ccccc2)nc2c1c(=O)n(C)c(=O)n2C.O=C1CC[C@@H](C(=O)O)N1. The van der Waals surface area contributed by atoms with E-state index in [0.29, 0.717) is 50.1 Å². The molecule has 0 unspecified atom stereocenters. The number of hydrogen-bond donors (Lipinski definition) is 3. The van der Waals surface area contributed by atoms with Crippen LogP contribution in [0.2, 0.25) is 0 Å². The highest BCUT2D eigenvalue weighted by Gasteiger charge is 2.26. The summed E-state index contributed by atoms with van der Waals surface area (Å²) < 4.78 is 4.47. The fourth-order valence-corrected chi connectivity index (χ4v) is 4.26. The molecular weight excluding hydrogens is 480 g/mol. The second-order valence-corrected chi connectivity index (χ2v) is 8.87. The summed E-state index contributed by atoms with van der Waals surface area (Å²) in [5.74, 6) is -0.359. The van der Waals surface area contributed by atoms with Crippen LogP contribution in [0.1, 0.15) is 31.2 Å². The van der Waals surface area contributed by atoms with Crippen molar-refractivity contribution >= 4 is 23.0 Å². The molecule has 1 saturated heterocycles. The van der Waals surface area contributed by atoms with E-state index in [9.17, 15) is 24.3 Å². The molecule has 37 heavy (non-hydrogen) atoms. The zero-order valence-corrected chi connectivity index (χ0v) is 21.4. The van der Waals surface area contributed by atoms with Crippen LogP contribution in [0, 0.1) is 0 Å². The first-order valence-corrected chi connectivity index (χ1v) is 12.2. The molecule has 4 rings (SSSR count). The van der Waals surface area contributed by atoms with E-state index < -0.39 is 12.0 Å². The topological polar surface area (TPSA) is 152 Å². The van der Waals surface area contributed by atoms with Gasteiger partial charge in [-0.25, -0.2) is 14.6 Å². The maximum Gasteiger partial charge on any atom is 0.332 e. The van der Waals surface area contributed by atoms with Crippen LogP contribution in [0.15, 0.2) is 39.9 Å². The van der Waals surface area contributed by atoms with Crippen molar-refractivity contribution in [2.24, 2.45) is 14.1 Å². The minimum atomic E-state index is -0.944. The van der Waals surface area contributed by atoms with Gasteiger partial charge in [-0.15, -0.1) is 0 Å². The summed E-state index contributed by atoms with van der Waals surface area (Å²) in [5.41, 5.74) is 1.21. The van der Waals surface area contributed by atoms with Crippen LogP contribution >= 0.6 is 0 Å². The third kappa shape index (κ3) is 6.52. The number of nitrogens with one attached hydrogen (secondary N) is 1. The Morgan fingerprint density at radius 3 is 2.38 bits per heavy atom. The average Bonchev–Trinajstić information content (AvgIpc) is 3.49. The van der Waals surface area contributed by atoms with Gasteiger partial charge < -0.3 is 20.1 Å². The summed E-state index contributed by atoms with van der Waals surface area (Å²) in [6, 6.07) is 9.29. The highest BCUT2D eigenvalue weighted by molar-refractivity contribution is 5.87. The molecule has 12 nitrogen and oxygen atoms in total. The lowest BCUT2D eigenvalue weighted by molar-refractivity contribution is -0.140. The average molecular weight is 515 g/mol. The molecule has 3 heterocycles. The van der Waals surface area contributed by atoms with Crippen LogP contribution in [0.4, 0.5) is 0 Å². The number of aryl methyl sites for hydroxylation is 1. The maximum atomic E-state index is 12.9. The van der Waals surface area contributed by atoms with Gasteiger partial charge in [0.25, 0.3) is 5.56 Å². The van der Waals surface area contributed by atoms with Crippen LogP contribution < -0.4 is 16.6 Å². The molecule has 0 bridgehead atoms. The lowest BCUT2D eigenvalue weighted by atomic mass is 10.1. The fourth-order valence-electron chi connectivity index (χ4n) is 4.26. The van der Waals surface area contributed by atoms with Gasteiger partial charge in [-0.3, -0.25) is 23.6 Å². The summed E-state index contributed by atoms with van der Waals surface area (Å²) in [4.78, 5) is 52.5. The van der Waals surface area contributed by atoms with Crippen LogP contribution in [0.3, 0.4) is 0 Å². The van der Waals surface area contributed by atoms with E-state index in [1.54, 1.807) is 7.05 Å². The molecule has 1 amide bonds. The molecule has 0 aliphatic carbocycles. The van der Waals surface area contributed by atoms with E-state index in [1.807, 2.05) is 41.8 Å². The van der Waals surface area contributed by atoms with E-state index in [1.165, 1.54) is 11.6 Å². The molecule has 3 aromatic rings. The van der Waals surface area contributed by atoms with Crippen molar-refractivity contribution in [3.63, 3.8) is 0 Å². The van der Waals surface area contributed by atoms with Gasteiger partial charge in [0.1, 0.15) is 11.9 Å². The van der Waals surface area contributed by atoms with Gasteiger partial charge >= 0.3 is 11.7 Å². The Labute approximate surface area is 213 Å². The van der Waals surface area contributed by atoms with E-state index >= 15 is 0 Å². The number of aliphatic carboxylic acids is 1. The van der Waals surface area contributed by atoms with E-state index in [-0.39, 0.29) is 23.8 Å². The number of aliphatic hydroxyl groups excluding tert-OH is 1. The highest BCUT2D eigenvalue weighted by Crippen LogP contribution is 2.15. The van der Waals surface area contributed by atoms with Gasteiger partial charge in [0.15, 0.2) is 11.2 Å². The molecule has 0 radical (unpaired) electrons. The number of carbonyl (C=O) groups is 2. The third-order valence-corrected chi connectivity index (χ3v) is 6.43. The summed E-state index contributed by atoms with van der Waals surface area (Å²) in [6.45, 7) is 4.74. The molecule has 1 aromatic carbocycles. The largest absolute Gasteiger partial charge is 0.480 e. The number of likely N-dealkylation sites (N-methyl/N-ethyl adjacent to an activating group) is 1. The van der Waals surface area contributed by atoms with Crippen LogP contribution in [0.25, 0.3) is 11.2 Å². The fraction of sp³-hybridized carbons (Fsp3) is 0.480. The van der Waals surface area contributed by atoms with Gasteiger partial charge in [0.2, 0.25) is 5.91 Å². The first-order chi connectivity index (χ1) is 17.7.